The summed E-state index contributed by atoms with van der Waals surface area (Å²) in [5.74, 6) is 2.20. The molecule has 0 amide bonds. The Balaban J connectivity index is 1.79. The summed E-state index contributed by atoms with van der Waals surface area (Å²) in [4.78, 5) is 12.1. The summed E-state index contributed by atoms with van der Waals surface area (Å²) < 4.78 is 11.7. The zero-order valence-electron chi connectivity index (χ0n) is 12.1. The lowest BCUT2D eigenvalue weighted by atomic mass is 9.84. The molecule has 1 aliphatic carbocycles. The van der Waals surface area contributed by atoms with Crippen LogP contribution in [0.3, 0.4) is 0 Å². The van der Waals surface area contributed by atoms with Gasteiger partial charge in [0.25, 0.3) is 0 Å². The van der Waals surface area contributed by atoms with Crippen LogP contribution in [0.5, 0.6) is 5.75 Å². The van der Waals surface area contributed by atoms with Crippen molar-refractivity contribution in [3.8, 4) is 5.75 Å². The minimum absolute atomic E-state index is 0.157. The largest absolute Gasteiger partial charge is 0.491 e. The number of halogens is 1. The quantitative estimate of drug-likeness (QED) is 0.818. The molecule has 0 radical (unpaired) electrons. The number of carbonyl (C=O) groups is 1. The zero-order valence-corrected chi connectivity index (χ0v) is 12.8. The number of Topliss-reactive ketones (excluding diaryl/α,β-unsaturated/α-hetero) is 1. The van der Waals surface area contributed by atoms with Gasteiger partial charge >= 0.3 is 0 Å². The monoisotopic (exact) mass is 304 g/mol. The van der Waals surface area contributed by atoms with Crippen molar-refractivity contribution >= 4 is 17.4 Å². The highest BCUT2D eigenvalue weighted by atomic mass is 35.5. The van der Waals surface area contributed by atoms with Gasteiger partial charge in [-0.1, -0.05) is 11.6 Å². The molecule has 110 valence electrons. The molecule has 1 aromatic rings. The van der Waals surface area contributed by atoms with Gasteiger partial charge in [0.1, 0.15) is 28.7 Å². The average molecular weight is 305 g/mol. The van der Waals surface area contributed by atoms with E-state index in [0.29, 0.717) is 35.1 Å². The maximum Gasteiger partial charge on any atom is 0.147 e. The topological polar surface area (TPSA) is 35.5 Å². The van der Waals surface area contributed by atoms with Gasteiger partial charge in [-0.25, -0.2) is 0 Å². The first-order valence-corrected chi connectivity index (χ1v) is 7.38. The van der Waals surface area contributed by atoms with Crippen molar-refractivity contribution < 1.29 is 14.3 Å². The summed E-state index contributed by atoms with van der Waals surface area (Å²) in [6, 6.07) is 7.18. The average Bonchev–Trinajstić information content (AvgIpc) is 2.39. The summed E-state index contributed by atoms with van der Waals surface area (Å²) in [5.41, 5.74) is -0.442. The zero-order chi connectivity index (χ0) is 15.0. The molecular weight excluding hydrogens is 288 g/mol. The summed E-state index contributed by atoms with van der Waals surface area (Å²) in [6.07, 6.45) is 4.84. The van der Waals surface area contributed by atoms with Crippen molar-refractivity contribution in [3.05, 3.63) is 53.0 Å². The third-order valence-corrected chi connectivity index (χ3v) is 3.87. The summed E-state index contributed by atoms with van der Waals surface area (Å²) >= 11 is 5.85. The molecule has 3 rings (SSSR count). The van der Waals surface area contributed by atoms with E-state index in [-0.39, 0.29) is 11.7 Å². The third kappa shape index (κ3) is 3.13. The van der Waals surface area contributed by atoms with Crippen LogP contribution in [0.4, 0.5) is 0 Å². The number of ether oxygens (including phenoxy) is 2. The molecule has 1 atom stereocenters. The van der Waals surface area contributed by atoms with Crippen LogP contribution in [-0.2, 0) is 9.53 Å². The molecule has 0 bridgehead atoms. The molecule has 1 aliphatic heterocycles. The third-order valence-electron chi connectivity index (χ3n) is 3.61. The van der Waals surface area contributed by atoms with E-state index < -0.39 is 5.60 Å². The van der Waals surface area contributed by atoms with Crippen LogP contribution in [0.15, 0.2) is 47.9 Å². The Labute approximate surface area is 129 Å². The summed E-state index contributed by atoms with van der Waals surface area (Å²) in [7, 11) is 0. The Morgan fingerprint density at radius 3 is 2.71 bits per heavy atom. The number of carbonyl (C=O) groups excluding carboxylic acids is 1. The fourth-order valence-corrected chi connectivity index (χ4v) is 2.77. The van der Waals surface area contributed by atoms with Gasteiger partial charge in [-0.3, -0.25) is 4.79 Å². The molecule has 4 heteroatoms. The first-order chi connectivity index (χ1) is 9.93. The minimum atomic E-state index is -0.442. The van der Waals surface area contributed by atoms with E-state index in [1.54, 1.807) is 12.1 Å². The molecule has 1 fully saturated rings. The van der Waals surface area contributed by atoms with Crippen LogP contribution < -0.4 is 4.74 Å². The number of fused-ring (bicyclic) bond motifs is 1. The van der Waals surface area contributed by atoms with Crippen molar-refractivity contribution in [1.29, 1.82) is 0 Å². The molecule has 3 nitrogen and oxygen atoms in total. The van der Waals surface area contributed by atoms with Gasteiger partial charge in [-0.05, 0) is 50.6 Å². The van der Waals surface area contributed by atoms with Crippen LogP contribution >= 0.6 is 11.6 Å². The minimum Gasteiger partial charge on any atom is -0.491 e. The van der Waals surface area contributed by atoms with Crippen LogP contribution in [-0.4, -0.2) is 11.4 Å². The van der Waals surface area contributed by atoms with E-state index in [0.717, 1.165) is 0 Å². The second kappa shape index (κ2) is 5.23. The lowest BCUT2D eigenvalue weighted by Crippen LogP contribution is -2.39. The lowest BCUT2D eigenvalue weighted by molar-refractivity contribution is -0.135. The Morgan fingerprint density at radius 1 is 1.29 bits per heavy atom. The SMILES string of the molecule is CC1(C)CC(=O)C2CC=C(Oc3ccc(Cl)cc3)C=C2O1. The van der Waals surface area contributed by atoms with Gasteiger partial charge < -0.3 is 9.47 Å². The van der Waals surface area contributed by atoms with Crippen molar-refractivity contribution in [3.63, 3.8) is 0 Å². The van der Waals surface area contributed by atoms with E-state index in [4.69, 9.17) is 21.1 Å². The molecule has 0 spiro atoms. The van der Waals surface area contributed by atoms with Crippen LogP contribution in [0, 0.1) is 5.92 Å². The molecule has 1 unspecified atom stereocenters. The standard InChI is InChI=1S/C17H17ClO3/c1-17(2)10-15(19)14-8-7-13(9-16(14)21-17)20-12-5-3-11(18)4-6-12/h3-7,9,14H,8,10H2,1-2H3. The lowest BCUT2D eigenvalue weighted by Gasteiger charge is -2.37. The molecule has 2 aliphatic rings. The van der Waals surface area contributed by atoms with Crippen LogP contribution in [0.2, 0.25) is 5.02 Å². The van der Waals surface area contributed by atoms with E-state index >= 15 is 0 Å². The fourth-order valence-electron chi connectivity index (χ4n) is 2.65. The first kappa shape index (κ1) is 14.2. The van der Waals surface area contributed by atoms with Gasteiger partial charge in [-0.15, -0.1) is 0 Å². The molecule has 0 aromatic heterocycles. The van der Waals surface area contributed by atoms with Crippen molar-refractivity contribution in [1.82, 2.24) is 0 Å². The van der Waals surface area contributed by atoms with E-state index in [1.807, 2.05) is 38.1 Å². The number of benzene rings is 1. The summed E-state index contributed by atoms with van der Waals surface area (Å²) in [5, 5.41) is 0.668. The predicted octanol–water partition coefficient (Wildman–Crippen LogP) is 4.27. The smallest absolute Gasteiger partial charge is 0.147 e. The second-order valence-electron chi connectivity index (χ2n) is 6.00. The van der Waals surface area contributed by atoms with Crippen LogP contribution in [0.1, 0.15) is 26.7 Å². The van der Waals surface area contributed by atoms with E-state index in [2.05, 4.69) is 0 Å². The Morgan fingerprint density at radius 2 is 2.00 bits per heavy atom. The van der Waals surface area contributed by atoms with E-state index in [1.165, 1.54) is 0 Å². The molecule has 0 saturated carbocycles. The van der Waals surface area contributed by atoms with Crippen molar-refractivity contribution in [2.45, 2.75) is 32.3 Å². The fraction of sp³-hybridized carbons (Fsp3) is 0.353. The van der Waals surface area contributed by atoms with Gasteiger partial charge in [-0.2, -0.15) is 0 Å². The number of rotatable bonds is 2. The van der Waals surface area contributed by atoms with Crippen molar-refractivity contribution in [2.24, 2.45) is 5.92 Å². The molecule has 1 saturated heterocycles. The molecule has 1 heterocycles. The molecule has 21 heavy (non-hydrogen) atoms. The van der Waals surface area contributed by atoms with Gasteiger partial charge in [0, 0.05) is 17.5 Å². The highest BCUT2D eigenvalue weighted by Crippen LogP contribution is 2.37. The van der Waals surface area contributed by atoms with Gasteiger partial charge in [0.2, 0.25) is 0 Å². The molecular formula is C17H17ClO3. The van der Waals surface area contributed by atoms with Gasteiger partial charge in [0.15, 0.2) is 0 Å². The second-order valence-corrected chi connectivity index (χ2v) is 6.44. The number of allylic oxidation sites excluding steroid dienone is 3. The molecule has 0 N–H and O–H groups in total. The van der Waals surface area contributed by atoms with Crippen LogP contribution in [0.25, 0.3) is 0 Å². The maximum absolute atomic E-state index is 12.1. The number of hydrogen-bond acceptors (Lipinski definition) is 3. The highest BCUT2D eigenvalue weighted by Gasteiger charge is 2.39. The normalized spacial score (nSPS) is 23.6. The predicted molar refractivity (Wildman–Crippen MR) is 81.1 cm³/mol. The van der Waals surface area contributed by atoms with Gasteiger partial charge in [0.05, 0.1) is 5.92 Å². The number of hydrogen-bond donors (Lipinski definition) is 0. The van der Waals surface area contributed by atoms with Crippen molar-refractivity contribution in [2.75, 3.05) is 0 Å². The van der Waals surface area contributed by atoms with E-state index in [9.17, 15) is 4.79 Å². The Bertz CT molecular complexity index is 626. The number of ketones is 1. The Hall–Kier alpha value is -1.74. The molecule has 1 aromatic carbocycles. The maximum atomic E-state index is 12.1. The highest BCUT2D eigenvalue weighted by molar-refractivity contribution is 6.30. The summed E-state index contributed by atoms with van der Waals surface area (Å²) in [6.45, 7) is 3.86. The first-order valence-electron chi connectivity index (χ1n) is 7.00. The Kier molecular flexibility index (Phi) is 3.54.